The topological polar surface area (TPSA) is 79.5 Å². The fraction of sp³-hybridized carbons (Fsp3) is 0.286. The van der Waals surface area contributed by atoms with Crippen molar-refractivity contribution in [3.05, 3.63) is 84.4 Å². The van der Waals surface area contributed by atoms with Crippen LogP contribution in [0.3, 0.4) is 0 Å². The maximum atomic E-state index is 12.4. The van der Waals surface area contributed by atoms with Crippen molar-refractivity contribution >= 4 is 28.9 Å². The van der Waals surface area contributed by atoms with E-state index in [2.05, 4.69) is 28.1 Å². The molecule has 34 heavy (non-hydrogen) atoms. The minimum Gasteiger partial charge on any atom is -0.494 e. The van der Waals surface area contributed by atoms with Gasteiger partial charge in [0.15, 0.2) is 0 Å². The molecule has 0 aliphatic rings. The third-order valence-electron chi connectivity index (χ3n) is 5.11. The van der Waals surface area contributed by atoms with Crippen LogP contribution in [-0.2, 0) is 16.0 Å². The highest BCUT2D eigenvalue weighted by molar-refractivity contribution is 5.97. The molecule has 0 aromatic heterocycles. The van der Waals surface area contributed by atoms with E-state index in [1.807, 2.05) is 63.2 Å². The molecule has 3 N–H and O–H groups in total. The lowest BCUT2D eigenvalue weighted by molar-refractivity contribution is -0.123. The zero-order valence-corrected chi connectivity index (χ0v) is 20.1. The molecule has 178 valence electrons. The van der Waals surface area contributed by atoms with E-state index in [0.29, 0.717) is 18.0 Å². The van der Waals surface area contributed by atoms with E-state index in [0.717, 1.165) is 24.3 Å². The van der Waals surface area contributed by atoms with Crippen LogP contribution in [0.25, 0.3) is 0 Å². The van der Waals surface area contributed by atoms with Gasteiger partial charge >= 0.3 is 0 Å². The lowest BCUT2D eigenvalue weighted by atomic mass is 9.95. The molecule has 0 atom stereocenters. The number of nitrogens with one attached hydrogen (secondary N) is 3. The lowest BCUT2D eigenvalue weighted by Crippen LogP contribution is -2.27. The summed E-state index contributed by atoms with van der Waals surface area (Å²) in [6, 6.07) is 25.0. The second-order valence-electron chi connectivity index (χ2n) is 9.15. The molecule has 0 fully saturated rings. The van der Waals surface area contributed by atoms with Gasteiger partial charge in [0.2, 0.25) is 11.8 Å². The van der Waals surface area contributed by atoms with Crippen molar-refractivity contribution in [1.29, 1.82) is 0 Å². The Labute approximate surface area is 201 Å². The molecule has 3 aromatic rings. The van der Waals surface area contributed by atoms with E-state index < -0.39 is 5.41 Å². The van der Waals surface area contributed by atoms with Gasteiger partial charge in [0.25, 0.3) is 0 Å². The Kier molecular flexibility index (Phi) is 8.68. The molecule has 6 nitrogen and oxygen atoms in total. The van der Waals surface area contributed by atoms with Gasteiger partial charge in [0, 0.05) is 22.5 Å². The van der Waals surface area contributed by atoms with Crippen molar-refractivity contribution in [1.82, 2.24) is 0 Å². The number of carbonyl (C=O) groups is 2. The average Bonchev–Trinajstić information content (AvgIpc) is 2.81. The maximum absolute atomic E-state index is 12.4. The Balaban J connectivity index is 1.40. The number of rotatable bonds is 10. The van der Waals surface area contributed by atoms with Gasteiger partial charge in [0.1, 0.15) is 5.75 Å². The smallest absolute Gasteiger partial charge is 0.243 e. The fourth-order valence-corrected chi connectivity index (χ4v) is 3.16. The van der Waals surface area contributed by atoms with Crippen LogP contribution in [0.15, 0.2) is 78.9 Å². The molecule has 0 aliphatic carbocycles. The Morgan fingerprint density at radius 3 is 2.15 bits per heavy atom. The Morgan fingerprint density at radius 1 is 0.794 bits per heavy atom. The van der Waals surface area contributed by atoms with Crippen LogP contribution in [0.2, 0.25) is 0 Å². The average molecular weight is 460 g/mol. The molecular weight excluding hydrogens is 426 g/mol. The SMILES string of the molecule is CC(C)(C)C(=O)Nc1cccc(NC(=O)CNc2ccc(OCCCc3ccccc3)cc2)c1. The van der Waals surface area contributed by atoms with Crippen LogP contribution in [0, 0.1) is 5.41 Å². The lowest BCUT2D eigenvalue weighted by Gasteiger charge is -2.18. The van der Waals surface area contributed by atoms with E-state index in [4.69, 9.17) is 4.74 Å². The van der Waals surface area contributed by atoms with Crippen LogP contribution in [0.4, 0.5) is 17.1 Å². The Bertz CT molecular complexity index is 1070. The fourth-order valence-electron chi connectivity index (χ4n) is 3.16. The summed E-state index contributed by atoms with van der Waals surface area (Å²) in [6.45, 7) is 6.33. The number of anilines is 3. The Hall–Kier alpha value is -3.80. The molecule has 3 aromatic carbocycles. The number of hydrogen-bond donors (Lipinski definition) is 3. The zero-order chi connectivity index (χ0) is 24.4. The molecule has 0 bridgehead atoms. The molecule has 3 rings (SSSR count). The molecule has 0 unspecified atom stereocenters. The van der Waals surface area contributed by atoms with Gasteiger partial charge in [-0.1, -0.05) is 57.2 Å². The van der Waals surface area contributed by atoms with Crippen LogP contribution in [0.5, 0.6) is 5.75 Å². The number of carbonyl (C=O) groups excluding carboxylic acids is 2. The number of ether oxygens (including phenoxy) is 1. The summed E-state index contributed by atoms with van der Waals surface area (Å²) in [5, 5.41) is 8.82. The highest BCUT2D eigenvalue weighted by atomic mass is 16.5. The number of aryl methyl sites for hydroxylation is 1. The van der Waals surface area contributed by atoms with Crippen molar-refractivity contribution in [2.24, 2.45) is 5.41 Å². The van der Waals surface area contributed by atoms with Gasteiger partial charge in [-0.05, 0) is 60.9 Å². The zero-order valence-electron chi connectivity index (χ0n) is 20.1. The minimum atomic E-state index is -0.494. The summed E-state index contributed by atoms with van der Waals surface area (Å²) < 4.78 is 5.81. The van der Waals surface area contributed by atoms with Gasteiger partial charge in [-0.15, -0.1) is 0 Å². The van der Waals surface area contributed by atoms with Crippen LogP contribution in [-0.4, -0.2) is 25.0 Å². The van der Waals surface area contributed by atoms with E-state index in [-0.39, 0.29) is 18.4 Å². The summed E-state index contributed by atoms with van der Waals surface area (Å²) in [5.41, 5.74) is 2.91. The first-order valence-electron chi connectivity index (χ1n) is 11.5. The van der Waals surface area contributed by atoms with Gasteiger partial charge < -0.3 is 20.7 Å². The predicted molar refractivity (Wildman–Crippen MR) is 138 cm³/mol. The van der Waals surface area contributed by atoms with Gasteiger partial charge in [-0.25, -0.2) is 0 Å². The second kappa shape index (κ2) is 11.9. The van der Waals surface area contributed by atoms with Crippen molar-refractivity contribution in [3.8, 4) is 5.75 Å². The molecule has 0 saturated heterocycles. The molecule has 0 radical (unpaired) electrons. The van der Waals surface area contributed by atoms with Gasteiger partial charge in [-0.3, -0.25) is 9.59 Å². The third kappa shape index (κ3) is 8.28. The second-order valence-corrected chi connectivity index (χ2v) is 9.15. The molecule has 0 heterocycles. The quantitative estimate of drug-likeness (QED) is 0.338. The Morgan fingerprint density at radius 2 is 1.47 bits per heavy atom. The van der Waals surface area contributed by atoms with Crippen LogP contribution in [0.1, 0.15) is 32.8 Å². The van der Waals surface area contributed by atoms with Crippen molar-refractivity contribution in [3.63, 3.8) is 0 Å². The van der Waals surface area contributed by atoms with E-state index in [1.165, 1.54) is 5.56 Å². The van der Waals surface area contributed by atoms with Crippen LogP contribution < -0.4 is 20.7 Å². The molecule has 0 saturated carbocycles. The molecule has 2 amide bonds. The third-order valence-corrected chi connectivity index (χ3v) is 5.11. The number of benzene rings is 3. The highest BCUT2D eigenvalue weighted by Gasteiger charge is 2.21. The molecular formula is C28H33N3O3. The first-order valence-corrected chi connectivity index (χ1v) is 11.5. The first kappa shape index (κ1) is 24.8. The highest BCUT2D eigenvalue weighted by Crippen LogP contribution is 2.20. The summed E-state index contributed by atoms with van der Waals surface area (Å²) in [5.74, 6) is 0.541. The van der Waals surface area contributed by atoms with Crippen molar-refractivity contribution in [2.75, 3.05) is 29.1 Å². The standard InChI is InChI=1S/C28H33N3O3/c1-28(2,3)27(33)31-24-13-7-12-23(19-24)30-26(32)20-29-22-14-16-25(17-15-22)34-18-8-11-21-9-5-4-6-10-21/h4-7,9-10,12-17,19,29H,8,11,18,20H2,1-3H3,(H,30,32)(H,31,33). The summed E-state index contributed by atoms with van der Waals surface area (Å²) in [4.78, 5) is 24.5. The normalized spacial score (nSPS) is 10.9. The monoisotopic (exact) mass is 459 g/mol. The minimum absolute atomic E-state index is 0.0822. The van der Waals surface area contributed by atoms with Crippen LogP contribution >= 0.6 is 0 Å². The summed E-state index contributed by atoms with van der Waals surface area (Å²) in [6.07, 6.45) is 1.94. The van der Waals surface area contributed by atoms with E-state index in [1.54, 1.807) is 24.3 Å². The maximum Gasteiger partial charge on any atom is 0.243 e. The number of hydrogen-bond acceptors (Lipinski definition) is 4. The number of amides is 2. The summed E-state index contributed by atoms with van der Waals surface area (Å²) in [7, 11) is 0. The predicted octanol–water partition coefficient (Wildman–Crippen LogP) is 5.73. The molecule has 0 spiro atoms. The molecule has 6 heteroatoms. The van der Waals surface area contributed by atoms with E-state index >= 15 is 0 Å². The van der Waals surface area contributed by atoms with Gasteiger partial charge in [-0.2, -0.15) is 0 Å². The van der Waals surface area contributed by atoms with Gasteiger partial charge in [0.05, 0.1) is 13.2 Å². The molecule has 0 aliphatic heterocycles. The van der Waals surface area contributed by atoms with E-state index in [9.17, 15) is 9.59 Å². The summed E-state index contributed by atoms with van der Waals surface area (Å²) >= 11 is 0. The largest absolute Gasteiger partial charge is 0.494 e. The van der Waals surface area contributed by atoms with Crippen molar-refractivity contribution in [2.45, 2.75) is 33.6 Å². The first-order chi connectivity index (χ1) is 16.3. The van der Waals surface area contributed by atoms with Crippen molar-refractivity contribution < 1.29 is 14.3 Å².